The Labute approximate surface area is 107 Å². The van der Waals surface area contributed by atoms with E-state index in [1.807, 2.05) is 0 Å². The highest BCUT2D eigenvalue weighted by atomic mass is 19.1. The Morgan fingerprint density at radius 1 is 1.56 bits per heavy atom. The zero-order valence-electron chi connectivity index (χ0n) is 10.6. The van der Waals surface area contributed by atoms with Crippen molar-refractivity contribution in [3.63, 3.8) is 0 Å². The van der Waals surface area contributed by atoms with Crippen molar-refractivity contribution in [2.75, 3.05) is 13.1 Å². The molecule has 1 fully saturated rings. The van der Waals surface area contributed by atoms with Crippen LogP contribution in [-0.2, 0) is 0 Å². The predicted octanol–water partition coefficient (Wildman–Crippen LogP) is 2.01. The Morgan fingerprint density at radius 2 is 2.39 bits per heavy atom. The molecule has 98 valence electrons. The van der Waals surface area contributed by atoms with Crippen LogP contribution in [0.15, 0.2) is 18.2 Å². The maximum absolute atomic E-state index is 13.7. The van der Waals surface area contributed by atoms with Gasteiger partial charge < -0.3 is 10.6 Å². The number of nitrogens with one attached hydrogen (secondary N) is 2. The van der Waals surface area contributed by atoms with Gasteiger partial charge >= 0.3 is 0 Å². The highest BCUT2D eigenvalue weighted by molar-refractivity contribution is 5.94. The molecule has 1 aliphatic rings. The molecular weight excluding hydrogens is 231 g/mol. The smallest absolute Gasteiger partial charge is 0.254 e. The second kappa shape index (κ2) is 5.96. The highest BCUT2D eigenvalue weighted by Gasteiger charge is 2.15. The Balaban J connectivity index is 1.85. The van der Waals surface area contributed by atoms with Gasteiger partial charge in [0, 0.05) is 12.6 Å². The highest BCUT2D eigenvalue weighted by Crippen LogP contribution is 2.12. The molecule has 1 aromatic rings. The molecule has 2 N–H and O–H groups in total. The summed E-state index contributed by atoms with van der Waals surface area (Å²) in [6.07, 6.45) is 3.26. The fraction of sp³-hybridized carbons (Fsp3) is 0.500. The summed E-state index contributed by atoms with van der Waals surface area (Å²) in [6.45, 7) is 3.31. The first-order chi connectivity index (χ1) is 8.68. The standard InChI is InChI=1S/C14H19FN2O/c1-10-4-2-6-12(13(10)15)14(18)17-9-7-11-5-3-8-16-11/h2,4,6,11,16H,3,5,7-9H2,1H3,(H,17,18). The van der Waals surface area contributed by atoms with Crippen molar-refractivity contribution in [2.45, 2.75) is 32.2 Å². The first-order valence-electron chi connectivity index (χ1n) is 6.45. The van der Waals surface area contributed by atoms with E-state index in [0.29, 0.717) is 18.2 Å². The molecule has 0 saturated carbocycles. The topological polar surface area (TPSA) is 41.1 Å². The first kappa shape index (κ1) is 13.0. The summed E-state index contributed by atoms with van der Waals surface area (Å²) >= 11 is 0. The number of amides is 1. The van der Waals surface area contributed by atoms with Crippen molar-refractivity contribution < 1.29 is 9.18 Å². The number of aryl methyl sites for hydroxylation is 1. The zero-order valence-corrected chi connectivity index (χ0v) is 10.6. The van der Waals surface area contributed by atoms with Gasteiger partial charge in [-0.15, -0.1) is 0 Å². The predicted molar refractivity (Wildman–Crippen MR) is 69.1 cm³/mol. The SMILES string of the molecule is Cc1cccc(C(=O)NCCC2CCCN2)c1F. The summed E-state index contributed by atoms with van der Waals surface area (Å²) in [6, 6.07) is 5.37. The van der Waals surface area contributed by atoms with Crippen LogP contribution in [-0.4, -0.2) is 25.0 Å². The Bertz CT molecular complexity index is 428. The number of carbonyl (C=O) groups excluding carboxylic acids is 1. The normalized spacial score (nSPS) is 18.9. The Kier molecular flexibility index (Phi) is 4.31. The molecule has 0 aromatic heterocycles. The minimum Gasteiger partial charge on any atom is -0.352 e. The van der Waals surface area contributed by atoms with Gasteiger partial charge in [-0.2, -0.15) is 0 Å². The van der Waals surface area contributed by atoms with Crippen molar-refractivity contribution in [1.29, 1.82) is 0 Å². The molecule has 0 radical (unpaired) electrons. The van der Waals surface area contributed by atoms with Crippen LogP contribution in [0.4, 0.5) is 4.39 Å². The number of halogens is 1. The monoisotopic (exact) mass is 250 g/mol. The van der Waals surface area contributed by atoms with Gasteiger partial charge in [0.15, 0.2) is 0 Å². The van der Waals surface area contributed by atoms with Crippen molar-refractivity contribution in [3.05, 3.63) is 35.1 Å². The van der Waals surface area contributed by atoms with Crippen LogP contribution in [0.2, 0.25) is 0 Å². The molecule has 1 saturated heterocycles. The van der Waals surface area contributed by atoms with Gasteiger partial charge in [-0.3, -0.25) is 4.79 Å². The molecule has 0 bridgehead atoms. The summed E-state index contributed by atoms with van der Waals surface area (Å²) < 4.78 is 13.7. The van der Waals surface area contributed by atoms with Gasteiger partial charge in [-0.1, -0.05) is 12.1 Å². The van der Waals surface area contributed by atoms with Gasteiger partial charge in [0.25, 0.3) is 5.91 Å². The Morgan fingerprint density at radius 3 is 3.11 bits per heavy atom. The number of carbonyl (C=O) groups is 1. The molecule has 18 heavy (non-hydrogen) atoms. The van der Waals surface area contributed by atoms with E-state index in [1.54, 1.807) is 19.1 Å². The van der Waals surface area contributed by atoms with E-state index in [-0.39, 0.29) is 11.5 Å². The number of rotatable bonds is 4. The fourth-order valence-corrected chi connectivity index (χ4v) is 2.28. The van der Waals surface area contributed by atoms with Gasteiger partial charge in [0.1, 0.15) is 5.82 Å². The van der Waals surface area contributed by atoms with Crippen LogP contribution in [0, 0.1) is 12.7 Å². The number of benzene rings is 1. The van der Waals surface area contributed by atoms with Crippen molar-refractivity contribution in [1.82, 2.24) is 10.6 Å². The maximum atomic E-state index is 13.7. The van der Waals surface area contributed by atoms with Crippen molar-refractivity contribution in [2.24, 2.45) is 0 Å². The van der Waals surface area contributed by atoms with Crippen LogP contribution < -0.4 is 10.6 Å². The molecule has 0 aliphatic carbocycles. The minimum absolute atomic E-state index is 0.134. The molecule has 2 rings (SSSR count). The molecule has 1 unspecified atom stereocenters. The third-order valence-electron chi connectivity index (χ3n) is 3.38. The number of hydrogen-bond acceptors (Lipinski definition) is 2. The average Bonchev–Trinajstić information content (AvgIpc) is 2.85. The van der Waals surface area contributed by atoms with E-state index in [2.05, 4.69) is 10.6 Å². The first-order valence-corrected chi connectivity index (χ1v) is 6.45. The molecule has 0 spiro atoms. The van der Waals surface area contributed by atoms with Crippen molar-refractivity contribution >= 4 is 5.91 Å². The molecule has 1 aromatic carbocycles. The lowest BCUT2D eigenvalue weighted by Crippen LogP contribution is -2.31. The van der Waals surface area contributed by atoms with E-state index in [0.717, 1.165) is 19.4 Å². The van der Waals surface area contributed by atoms with Crippen LogP contribution in [0.1, 0.15) is 35.2 Å². The molecule has 1 atom stereocenters. The molecule has 1 heterocycles. The van der Waals surface area contributed by atoms with E-state index in [4.69, 9.17) is 0 Å². The van der Waals surface area contributed by atoms with E-state index in [1.165, 1.54) is 12.5 Å². The lowest BCUT2D eigenvalue weighted by Gasteiger charge is -2.11. The zero-order chi connectivity index (χ0) is 13.0. The van der Waals surface area contributed by atoms with Gasteiger partial charge in [0.2, 0.25) is 0 Å². The Hall–Kier alpha value is -1.42. The van der Waals surface area contributed by atoms with E-state index < -0.39 is 5.82 Å². The summed E-state index contributed by atoms with van der Waals surface area (Å²) in [5.74, 6) is -0.747. The van der Waals surface area contributed by atoms with Gasteiger partial charge in [-0.05, 0) is 44.4 Å². The fourth-order valence-electron chi connectivity index (χ4n) is 2.28. The van der Waals surface area contributed by atoms with Crippen LogP contribution in [0.25, 0.3) is 0 Å². The van der Waals surface area contributed by atoms with Crippen LogP contribution in [0.3, 0.4) is 0 Å². The minimum atomic E-state index is -0.422. The second-order valence-electron chi connectivity index (χ2n) is 4.77. The molecule has 4 heteroatoms. The maximum Gasteiger partial charge on any atom is 0.254 e. The third kappa shape index (κ3) is 3.07. The lowest BCUT2D eigenvalue weighted by molar-refractivity contribution is 0.0948. The van der Waals surface area contributed by atoms with Crippen molar-refractivity contribution in [3.8, 4) is 0 Å². The van der Waals surface area contributed by atoms with Gasteiger partial charge in [-0.25, -0.2) is 4.39 Å². The number of hydrogen-bond donors (Lipinski definition) is 2. The van der Waals surface area contributed by atoms with Crippen LogP contribution >= 0.6 is 0 Å². The molecule has 1 aliphatic heterocycles. The van der Waals surface area contributed by atoms with E-state index >= 15 is 0 Å². The molecular formula is C14H19FN2O. The lowest BCUT2D eigenvalue weighted by atomic mass is 10.1. The van der Waals surface area contributed by atoms with Gasteiger partial charge in [0.05, 0.1) is 5.56 Å². The summed E-state index contributed by atoms with van der Waals surface area (Å²) in [4.78, 5) is 11.8. The second-order valence-corrected chi connectivity index (χ2v) is 4.77. The average molecular weight is 250 g/mol. The van der Waals surface area contributed by atoms with Crippen LogP contribution in [0.5, 0.6) is 0 Å². The summed E-state index contributed by atoms with van der Waals surface area (Å²) in [5.41, 5.74) is 0.634. The summed E-state index contributed by atoms with van der Waals surface area (Å²) in [5, 5.41) is 6.14. The molecule has 3 nitrogen and oxygen atoms in total. The molecule has 1 amide bonds. The largest absolute Gasteiger partial charge is 0.352 e. The summed E-state index contributed by atoms with van der Waals surface area (Å²) in [7, 11) is 0. The van der Waals surface area contributed by atoms with E-state index in [9.17, 15) is 9.18 Å². The quantitative estimate of drug-likeness (QED) is 0.858. The third-order valence-corrected chi connectivity index (χ3v) is 3.38.